The van der Waals surface area contributed by atoms with E-state index in [9.17, 15) is 0 Å². The van der Waals surface area contributed by atoms with Gasteiger partial charge in [-0.3, -0.25) is 0 Å². The van der Waals surface area contributed by atoms with Crippen LogP contribution < -0.4 is 10.7 Å². The van der Waals surface area contributed by atoms with Crippen molar-refractivity contribution in [3.8, 4) is 0 Å². The Hall–Kier alpha value is -0.840. The first-order chi connectivity index (χ1) is 4.35. The van der Waals surface area contributed by atoms with Gasteiger partial charge < -0.3 is 15.5 Å². The van der Waals surface area contributed by atoms with Crippen LogP contribution in [0.2, 0.25) is 0 Å². The number of thiocarbonyl (C=S) groups is 1. The lowest BCUT2D eigenvalue weighted by Gasteiger charge is -1.99. The van der Waals surface area contributed by atoms with E-state index in [0.717, 1.165) is 5.55 Å². The average Bonchev–Trinajstić information content (AvgIpc) is 1.88. The molecule has 0 spiro atoms. The molecule has 5 heteroatoms. The molecule has 0 rings (SSSR count). The second-order valence-corrected chi connectivity index (χ2v) is 1.30. The Labute approximate surface area is 59.3 Å². The Kier molecular flexibility index (Phi) is 4.81. The van der Waals surface area contributed by atoms with E-state index in [-0.39, 0.29) is 0 Å². The maximum absolute atomic E-state index is 4.70. The SMILES string of the molecule is CN/N=C(/NC)OC=S. The minimum atomic E-state index is 0.354. The molecule has 0 aliphatic carbocycles. The van der Waals surface area contributed by atoms with E-state index in [1.807, 2.05) is 0 Å². The van der Waals surface area contributed by atoms with Gasteiger partial charge >= 0.3 is 6.02 Å². The number of nitrogens with zero attached hydrogens (tertiary/aromatic N) is 1. The fraction of sp³-hybridized carbons (Fsp3) is 0.500. The molecule has 2 N–H and O–H groups in total. The molecule has 9 heavy (non-hydrogen) atoms. The second kappa shape index (κ2) is 5.30. The monoisotopic (exact) mass is 147 g/mol. The lowest BCUT2D eigenvalue weighted by atomic mass is 11.0. The van der Waals surface area contributed by atoms with Crippen molar-refractivity contribution in [3.05, 3.63) is 0 Å². The highest BCUT2D eigenvalue weighted by Gasteiger charge is 1.88. The van der Waals surface area contributed by atoms with E-state index in [1.165, 1.54) is 0 Å². The van der Waals surface area contributed by atoms with Crippen molar-refractivity contribution >= 4 is 23.8 Å². The second-order valence-electron chi connectivity index (χ2n) is 1.10. The van der Waals surface area contributed by atoms with Gasteiger partial charge in [0.25, 0.3) is 0 Å². The summed E-state index contributed by atoms with van der Waals surface area (Å²) in [6.45, 7) is 0. The van der Waals surface area contributed by atoms with Gasteiger partial charge in [0, 0.05) is 14.1 Å². The first-order valence-electron chi connectivity index (χ1n) is 2.37. The molecule has 0 amide bonds. The fourth-order valence-electron chi connectivity index (χ4n) is 0.288. The molecule has 52 valence electrons. The summed E-state index contributed by atoms with van der Waals surface area (Å²) >= 11 is 4.41. The lowest BCUT2D eigenvalue weighted by Crippen LogP contribution is -2.23. The quantitative estimate of drug-likeness (QED) is 0.243. The summed E-state index contributed by atoms with van der Waals surface area (Å²) in [6.07, 6.45) is 0. The average molecular weight is 147 g/mol. The topological polar surface area (TPSA) is 45.7 Å². The number of hydrazone groups is 1. The molecule has 0 saturated heterocycles. The van der Waals surface area contributed by atoms with Crippen molar-refractivity contribution in [2.75, 3.05) is 14.1 Å². The molecule has 0 aromatic carbocycles. The molecule has 0 aliphatic rings. The molecular weight excluding hydrogens is 138 g/mol. The van der Waals surface area contributed by atoms with Gasteiger partial charge in [0.15, 0.2) is 5.55 Å². The van der Waals surface area contributed by atoms with Crippen molar-refractivity contribution in [2.45, 2.75) is 0 Å². The Bertz CT molecular complexity index is 114. The molecule has 0 unspecified atom stereocenters. The summed E-state index contributed by atoms with van der Waals surface area (Å²) in [6, 6.07) is 0.354. The van der Waals surface area contributed by atoms with Gasteiger partial charge in [-0.25, -0.2) is 0 Å². The third-order valence-corrected chi connectivity index (χ3v) is 0.683. The van der Waals surface area contributed by atoms with E-state index >= 15 is 0 Å². The highest BCUT2D eigenvalue weighted by molar-refractivity contribution is 7.78. The third kappa shape index (κ3) is 3.72. The van der Waals surface area contributed by atoms with Gasteiger partial charge in [-0.15, -0.1) is 5.10 Å². The number of hydrogen-bond donors (Lipinski definition) is 2. The van der Waals surface area contributed by atoms with Crippen LogP contribution in [0.15, 0.2) is 5.10 Å². The van der Waals surface area contributed by atoms with Gasteiger partial charge in [0.2, 0.25) is 0 Å². The number of rotatable bonds is 2. The predicted molar refractivity (Wildman–Crippen MR) is 40.3 cm³/mol. The van der Waals surface area contributed by atoms with Crippen molar-refractivity contribution in [3.63, 3.8) is 0 Å². The molecule has 4 nitrogen and oxygen atoms in total. The van der Waals surface area contributed by atoms with Crippen LogP contribution >= 0.6 is 12.2 Å². The molecule has 0 radical (unpaired) electrons. The van der Waals surface area contributed by atoms with Crippen molar-refractivity contribution in [1.29, 1.82) is 0 Å². The summed E-state index contributed by atoms with van der Waals surface area (Å²) in [5.74, 6) is 0. The molecule has 0 atom stereocenters. The van der Waals surface area contributed by atoms with Crippen molar-refractivity contribution < 1.29 is 4.74 Å². The smallest absolute Gasteiger partial charge is 0.311 e. The predicted octanol–water partition coefficient (Wildman–Crippen LogP) is -0.330. The molecular formula is C4H9N3OS. The van der Waals surface area contributed by atoms with Crippen LogP contribution in [0.1, 0.15) is 0 Å². The zero-order valence-electron chi connectivity index (χ0n) is 5.34. The molecule has 0 saturated carbocycles. The van der Waals surface area contributed by atoms with Crippen molar-refractivity contribution in [2.24, 2.45) is 5.10 Å². The first-order valence-corrected chi connectivity index (χ1v) is 2.84. The zero-order chi connectivity index (χ0) is 7.11. The highest BCUT2D eigenvalue weighted by atomic mass is 32.1. The van der Waals surface area contributed by atoms with Crippen LogP contribution in [0.25, 0.3) is 0 Å². The summed E-state index contributed by atoms with van der Waals surface area (Å²) < 4.78 is 4.70. The standard InChI is InChI=1S/C4H9N3OS/c1-5-4(7-6-2)8-3-9/h3,6H,1-2H3,(H,5,7). The van der Waals surface area contributed by atoms with E-state index in [4.69, 9.17) is 4.74 Å². The van der Waals surface area contributed by atoms with E-state index in [1.54, 1.807) is 14.1 Å². The maximum atomic E-state index is 4.70. The van der Waals surface area contributed by atoms with Crippen LogP contribution in [-0.4, -0.2) is 25.7 Å². The Morgan fingerprint density at radius 1 is 1.67 bits per heavy atom. The third-order valence-electron chi connectivity index (χ3n) is 0.587. The number of amidine groups is 1. The van der Waals surface area contributed by atoms with Crippen LogP contribution in [0.5, 0.6) is 0 Å². The lowest BCUT2D eigenvalue weighted by molar-refractivity contribution is 0.540. The van der Waals surface area contributed by atoms with Gasteiger partial charge in [0.05, 0.1) is 0 Å². The van der Waals surface area contributed by atoms with Gasteiger partial charge in [-0.05, 0) is 12.2 Å². The van der Waals surface area contributed by atoms with E-state index in [0.29, 0.717) is 6.02 Å². The number of ether oxygens (including phenoxy) is 1. The highest BCUT2D eigenvalue weighted by Crippen LogP contribution is 1.69. The zero-order valence-corrected chi connectivity index (χ0v) is 6.16. The van der Waals surface area contributed by atoms with Crippen LogP contribution in [0, 0.1) is 0 Å². The number of hydrogen-bond acceptors (Lipinski definition) is 4. The molecule has 0 aliphatic heterocycles. The van der Waals surface area contributed by atoms with E-state index in [2.05, 4.69) is 28.1 Å². The summed E-state index contributed by atoms with van der Waals surface area (Å²) in [4.78, 5) is 0. The minimum Gasteiger partial charge on any atom is -0.421 e. The molecule has 0 bridgehead atoms. The fourth-order valence-corrected chi connectivity index (χ4v) is 0.379. The van der Waals surface area contributed by atoms with Crippen molar-refractivity contribution in [1.82, 2.24) is 10.7 Å². The van der Waals surface area contributed by atoms with Gasteiger partial charge in [-0.1, -0.05) is 0 Å². The number of nitrogens with one attached hydrogen (secondary N) is 2. The van der Waals surface area contributed by atoms with E-state index < -0.39 is 0 Å². The minimum absolute atomic E-state index is 0.354. The Morgan fingerprint density at radius 3 is 2.67 bits per heavy atom. The van der Waals surface area contributed by atoms with Crippen LogP contribution in [0.4, 0.5) is 0 Å². The Morgan fingerprint density at radius 2 is 2.33 bits per heavy atom. The summed E-state index contributed by atoms with van der Waals surface area (Å²) in [5.41, 5.74) is 3.67. The summed E-state index contributed by atoms with van der Waals surface area (Å²) in [7, 11) is 3.36. The van der Waals surface area contributed by atoms with Crippen LogP contribution in [-0.2, 0) is 4.74 Å². The van der Waals surface area contributed by atoms with Gasteiger partial charge in [-0.2, -0.15) is 0 Å². The normalized spacial score (nSPS) is 10.2. The molecule has 0 aromatic heterocycles. The maximum Gasteiger partial charge on any atom is 0.311 e. The van der Waals surface area contributed by atoms with Gasteiger partial charge in [0.1, 0.15) is 0 Å². The molecule has 0 aromatic rings. The van der Waals surface area contributed by atoms with Crippen LogP contribution in [0.3, 0.4) is 0 Å². The largest absolute Gasteiger partial charge is 0.421 e. The first kappa shape index (κ1) is 8.16. The molecule has 0 fully saturated rings. The summed E-state index contributed by atoms with van der Waals surface area (Å²) in [5, 5.41) is 6.34. The Balaban J connectivity index is 3.65. The molecule has 0 heterocycles.